The van der Waals surface area contributed by atoms with Gasteiger partial charge in [0.15, 0.2) is 0 Å². The summed E-state index contributed by atoms with van der Waals surface area (Å²) in [4.78, 5) is 0. The molecule has 26 heavy (non-hydrogen) atoms. The van der Waals surface area contributed by atoms with Crippen molar-refractivity contribution in [3.63, 3.8) is 0 Å². The number of aryl methyl sites for hydroxylation is 4. The smallest absolute Gasteiger partial charge is 0.122 e. The maximum Gasteiger partial charge on any atom is 0.122 e. The lowest BCUT2D eigenvalue weighted by Gasteiger charge is -2.12. The predicted molar refractivity (Wildman–Crippen MR) is 109 cm³/mol. The van der Waals surface area contributed by atoms with Crippen molar-refractivity contribution in [2.24, 2.45) is 0 Å². The van der Waals surface area contributed by atoms with Crippen molar-refractivity contribution >= 4 is 21.5 Å². The Hall–Kier alpha value is -3.00. The number of benzene rings is 4. The maximum atomic E-state index is 10.2. The van der Waals surface area contributed by atoms with E-state index in [9.17, 15) is 10.2 Å². The molecule has 2 heteroatoms. The fourth-order valence-electron chi connectivity index (χ4n) is 3.86. The first-order chi connectivity index (χ1) is 12.4. The predicted octanol–water partition coefficient (Wildman–Crippen LogP) is 6.30. The molecule has 0 amide bonds. The molecule has 0 saturated carbocycles. The molecule has 0 spiro atoms. The molecule has 0 aliphatic rings. The first-order valence-corrected chi connectivity index (χ1v) is 8.83. The van der Waals surface area contributed by atoms with E-state index in [-0.39, 0.29) is 0 Å². The number of rotatable bonds is 1. The van der Waals surface area contributed by atoms with Gasteiger partial charge < -0.3 is 10.2 Å². The second-order valence-corrected chi connectivity index (χ2v) is 7.21. The van der Waals surface area contributed by atoms with Crippen LogP contribution < -0.4 is 0 Å². The van der Waals surface area contributed by atoms with Crippen molar-refractivity contribution in [2.75, 3.05) is 0 Å². The van der Waals surface area contributed by atoms with Crippen LogP contribution in [0.2, 0.25) is 0 Å². The van der Waals surface area contributed by atoms with Gasteiger partial charge in [0, 0.05) is 0 Å². The molecule has 4 aromatic rings. The maximum absolute atomic E-state index is 10.2. The summed E-state index contributed by atoms with van der Waals surface area (Å²) >= 11 is 0. The second-order valence-electron chi connectivity index (χ2n) is 7.21. The molecule has 0 aliphatic heterocycles. The van der Waals surface area contributed by atoms with Crippen LogP contribution in [0.4, 0.5) is 0 Å². The average Bonchev–Trinajstić information content (AvgIpc) is 2.63. The number of phenols is 2. The molecule has 2 nitrogen and oxygen atoms in total. The van der Waals surface area contributed by atoms with Crippen LogP contribution >= 0.6 is 0 Å². The summed E-state index contributed by atoms with van der Waals surface area (Å²) in [5.41, 5.74) is 5.93. The van der Waals surface area contributed by atoms with Gasteiger partial charge in [0.25, 0.3) is 0 Å². The molecule has 0 aromatic heterocycles. The van der Waals surface area contributed by atoms with E-state index in [0.29, 0.717) is 11.5 Å². The van der Waals surface area contributed by atoms with E-state index in [1.165, 1.54) is 0 Å². The zero-order valence-electron chi connectivity index (χ0n) is 15.5. The molecule has 0 unspecified atom stereocenters. The summed E-state index contributed by atoms with van der Waals surface area (Å²) in [6, 6.07) is 16.8. The summed E-state index contributed by atoms with van der Waals surface area (Å²) in [6.45, 7) is 7.78. The summed E-state index contributed by atoms with van der Waals surface area (Å²) < 4.78 is 0. The normalized spacial score (nSPS) is 11.4. The van der Waals surface area contributed by atoms with E-state index in [1.54, 1.807) is 0 Å². The van der Waals surface area contributed by atoms with Gasteiger partial charge in [0.1, 0.15) is 11.5 Å². The minimum Gasteiger partial charge on any atom is -0.507 e. The molecular formula is C24H22O2. The van der Waals surface area contributed by atoms with Crippen molar-refractivity contribution in [3.8, 4) is 22.6 Å². The van der Waals surface area contributed by atoms with Crippen LogP contribution in [-0.4, -0.2) is 10.2 Å². The van der Waals surface area contributed by atoms with Gasteiger partial charge in [-0.25, -0.2) is 0 Å². The van der Waals surface area contributed by atoms with Gasteiger partial charge >= 0.3 is 0 Å². The monoisotopic (exact) mass is 342 g/mol. The van der Waals surface area contributed by atoms with E-state index in [4.69, 9.17) is 0 Å². The summed E-state index contributed by atoms with van der Waals surface area (Å²) in [7, 11) is 0. The van der Waals surface area contributed by atoms with Gasteiger partial charge in [0.05, 0.1) is 0 Å². The highest BCUT2D eigenvalue weighted by Gasteiger charge is 2.10. The third kappa shape index (κ3) is 2.41. The molecule has 4 rings (SSSR count). The molecule has 2 N–H and O–H groups in total. The van der Waals surface area contributed by atoms with Crippen molar-refractivity contribution in [1.29, 1.82) is 0 Å². The molecule has 0 saturated heterocycles. The Morgan fingerprint density at radius 3 is 1.31 bits per heavy atom. The SMILES string of the molecule is Cc1cc2cc(-c3ccc4c(C)c(O)c(C)cc4c3)ccc2c(C)c1O. The van der Waals surface area contributed by atoms with E-state index < -0.39 is 0 Å². The quantitative estimate of drug-likeness (QED) is 0.426. The highest BCUT2D eigenvalue weighted by Crippen LogP contribution is 2.35. The Bertz CT molecular complexity index is 1090. The molecule has 0 heterocycles. The average molecular weight is 342 g/mol. The van der Waals surface area contributed by atoms with Gasteiger partial charge in [0.2, 0.25) is 0 Å². The van der Waals surface area contributed by atoms with Crippen molar-refractivity contribution in [1.82, 2.24) is 0 Å². The highest BCUT2D eigenvalue weighted by atomic mass is 16.3. The van der Waals surface area contributed by atoms with E-state index in [2.05, 4.69) is 36.4 Å². The number of phenolic OH excluding ortho intramolecular Hbond substituents is 2. The first-order valence-electron chi connectivity index (χ1n) is 8.83. The van der Waals surface area contributed by atoms with Gasteiger partial charge in [-0.2, -0.15) is 0 Å². The van der Waals surface area contributed by atoms with Crippen LogP contribution in [0.1, 0.15) is 22.3 Å². The molecule has 130 valence electrons. The molecule has 0 fully saturated rings. The number of hydrogen-bond donors (Lipinski definition) is 2. The largest absolute Gasteiger partial charge is 0.507 e. The van der Waals surface area contributed by atoms with E-state index in [0.717, 1.165) is 54.9 Å². The minimum absolute atomic E-state index is 0.377. The molecule has 0 aliphatic carbocycles. The highest BCUT2D eigenvalue weighted by molar-refractivity contribution is 5.95. The van der Waals surface area contributed by atoms with Gasteiger partial charge in [-0.15, -0.1) is 0 Å². The number of hydrogen-bond acceptors (Lipinski definition) is 2. The van der Waals surface area contributed by atoms with Crippen LogP contribution in [0.3, 0.4) is 0 Å². The number of fused-ring (bicyclic) bond motifs is 2. The van der Waals surface area contributed by atoms with E-state index >= 15 is 0 Å². The first kappa shape index (κ1) is 16.5. The Morgan fingerprint density at radius 1 is 0.538 bits per heavy atom. The van der Waals surface area contributed by atoms with Crippen LogP contribution in [0.15, 0.2) is 48.5 Å². The Labute approximate surface area is 153 Å². The van der Waals surface area contributed by atoms with Crippen LogP contribution in [0.5, 0.6) is 11.5 Å². The fraction of sp³-hybridized carbons (Fsp3) is 0.167. The summed E-state index contributed by atoms with van der Waals surface area (Å²) in [5, 5.41) is 24.7. The van der Waals surface area contributed by atoms with E-state index in [1.807, 2.05) is 39.8 Å². The van der Waals surface area contributed by atoms with Crippen LogP contribution in [0.25, 0.3) is 32.7 Å². The van der Waals surface area contributed by atoms with Crippen LogP contribution in [-0.2, 0) is 0 Å². The zero-order chi connectivity index (χ0) is 18.6. The molecule has 0 atom stereocenters. The lowest BCUT2D eigenvalue weighted by Crippen LogP contribution is -1.87. The number of aromatic hydroxyl groups is 2. The van der Waals surface area contributed by atoms with Crippen LogP contribution in [0, 0.1) is 27.7 Å². The Kier molecular flexibility index (Phi) is 3.66. The zero-order valence-corrected chi connectivity index (χ0v) is 15.5. The topological polar surface area (TPSA) is 40.5 Å². The fourth-order valence-corrected chi connectivity index (χ4v) is 3.86. The van der Waals surface area contributed by atoms with Gasteiger partial charge in [-0.1, -0.05) is 24.3 Å². The van der Waals surface area contributed by atoms with Gasteiger partial charge in [-0.3, -0.25) is 0 Å². The lowest BCUT2D eigenvalue weighted by molar-refractivity contribution is 0.467. The molecular weight excluding hydrogens is 320 g/mol. The summed E-state index contributed by atoms with van der Waals surface area (Å²) in [6.07, 6.45) is 0. The van der Waals surface area contributed by atoms with Crippen molar-refractivity contribution < 1.29 is 10.2 Å². The van der Waals surface area contributed by atoms with Gasteiger partial charge in [-0.05, 0) is 107 Å². The third-order valence-electron chi connectivity index (χ3n) is 5.45. The second kappa shape index (κ2) is 5.77. The standard InChI is InChI=1S/C24H22O2/c1-13-9-19-11-17(5-7-21(19)15(3)23(13)25)18-6-8-22-16(4)24(26)14(2)10-20(22)12-18/h5-12,25-26H,1-4H3. The Balaban J connectivity index is 1.92. The minimum atomic E-state index is 0.377. The van der Waals surface area contributed by atoms with Crippen molar-refractivity contribution in [3.05, 3.63) is 70.8 Å². The summed E-state index contributed by atoms with van der Waals surface area (Å²) in [5.74, 6) is 0.753. The molecule has 0 bridgehead atoms. The van der Waals surface area contributed by atoms with Crippen molar-refractivity contribution in [2.45, 2.75) is 27.7 Å². The Morgan fingerprint density at radius 2 is 0.923 bits per heavy atom. The lowest BCUT2D eigenvalue weighted by atomic mass is 9.94. The molecule has 0 radical (unpaired) electrons. The molecule has 4 aromatic carbocycles. The third-order valence-corrected chi connectivity index (χ3v) is 5.45.